The van der Waals surface area contributed by atoms with Gasteiger partial charge in [-0.1, -0.05) is 29.8 Å². The van der Waals surface area contributed by atoms with E-state index in [-0.39, 0.29) is 5.91 Å². The van der Waals surface area contributed by atoms with Gasteiger partial charge in [-0.05, 0) is 19.1 Å². The summed E-state index contributed by atoms with van der Waals surface area (Å²) < 4.78 is 0. The molecule has 0 radical (unpaired) electrons. The van der Waals surface area contributed by atoms with Crippen molar-refractivity contribution in [2.24, 2.45) is 0 Å². The van der Waals surface area contributed by atoms with Crippen LogP contribution in [0, 0.1) is 6.92 Å². The molecule has 3 rings (SSSR count). The van der Waals surface area contributed by atoms with E-state index in [1.54, 1.807) is 35.9 Å². The van der Waals surface area contributed by atoms with E-state index >= 15 is 0 Å². The second-order valence-corrected chi connectivity index (χ2v) is 6.11. The van der Waals surface area contributed by atoms with Gasteiger partial charge in [-0.25, -0.2) is 4.98 Å². The molecule has 0 aliphatic carbocycles. The number of carbonyl (C=O) groups excluding carboxylic acids is 1. The van der Waals surface area contributed by atoms with E-state index in [1.165, 1.54) is 5.56 Å². The first-order chi connectivity index (χ1) is 11.2. The number of hydrogen-bond acceptors (Lipinski definition) is 4. The van der Waals surface area contributed by atoms with Gasteiger partial charge in [0.25, 0.3) is 5.91 Å². The summed E-state index contributed by atoms with van der Waals surface area (Å²) in [5, 5.41) is 5.97. The van der Waals surface area contributed by atoms with Gasteiger partial charge in [0.15, 0.2) is 0 Å². The van der Waals surface area contributed by atoms with Crippen LogP contribution in [-0.4, -0.2) is 22.4 Å². The number of nitrogens with zero attached hydrogens (tertiary/aromatic N) is 2. The molecule has 0 spiro atoms. The summed E-state index contributed by atoms with van der Waals surface area (Å²) in [5.74, 6) is -0.0820. The van der Waals surface area contributed by atoms with E-state index in [0.29, 0.717) is 12.1 Å². The van der Waals surface area contributed by atoms with Gasteiger partial charge in [0.1, 0.15) is 5.01 Å². The highest BCUT2D eigenvalue weighted by Gasteiger charge is 2.07. The molecule has 0 aliphatic heterocycles. The summed E-state index contributed by atoms with van der Waals surface area (Å²) in [6.07, 6.45) is 3.95. The third kappa shape index (κ3) is 4.02. The Morgan fingerprint density at radius 3 is 2.61 bits per heavy atom. The lowest BCUT2D eigenvalue weighted by Crippen LogP contribution is -2.25. The van der Waals surface area contributed by atoms with Crippen molar-refractivity contribution in [2.75, 3.05) is 6.54 Å². The first kappa shape index (κ1) is 15.4. The van der Waals surface area contributed by atoms with E-state index in [2.05, 4.69) is 46.5 Å². The fourth-order valence-electron chi connectivity index (χ4n) is 2.16. The van der Waals surface area contributed by atoms with Crippen LogP contribution < -0.4 is 5.32 Å². The molecule has 0 aliphatic rings. The fourth-order valence-corrected chi connectivity index (χ4v) is 3.02. The van der Waals surface area contributed by atoms with Crippen LogP contribution in [0.4, 0.5) is 0 Å². The molecule has 0 unspecified atom stereocenters. The highest BCUT2D eigenvalue weighted by Crippen LogP contribution is 2.24. The van der Waals surface area contributed by atoms with Gasteiger partial charge in [0.2, 0.25) is 0 Å². The van der Waals surface area contributed by atoms with Crippen LogP contribution in [0.3, 0.4) is 0 Å². The first-order valence-corrected chi connectivity index (χ1v) is 8.30. The van der Waals surface area contributed by atoms with Crippen LogP contribution in [0.15, 0.2) is 54.2 Å². The zero-order valence-electron chi connectivity index (χ0n) is 12.8. The van der Waals surface area contributed by atoms with Crippen molar-refractivity contribution < 1.29 is 4.79 Å². The number of rotatable bonds is 5. The minimum atomic E-state index is -0.0820. The molecule has 5 heteroatoms. The van der Waals surface area contributed by atoms with E-state index in [0.717, 1.165) is 22.7 Å². The number of aromatic nitrogens is 2. The van der Waals surface area contributed by atoms with Gasteiger partial charge in [-0.3, -0.25) is 9.78 Å². The average molecular weight is 323 g/mol. The standard InChI is InChI=1S/C18H17N3OS/c1-13-2-4-15(5-3-13)18-21-16(12-23-18)8-11-20-17(22)14-6-9-19-10-7-14/h2-7,9-10,12H,8,11H2,1H3,(H,20,22). The van der Waals surface area contributed by atoms with Crippen LogP contribution in [0.5, 0.6) is 0 Å². The molecule has 4 nitrogen and oxygen atoms in total. The molecule has 0 atom stereocenters. The Morgan fingerprint density at radius 2 is 1.87 bits per heavy atom. The second-order valence-electron chi connectivity index (χ2n) is 5.25. The van der Waals surface area contributed by atoms with Gasteiger partial charge in [0, 0.05) is 41.9 Å². The summed E-state index contributed by atoms with van der Waals surface area (Å²) in [6.45, 7) is 2.64. The molecule has 3 aromatic rings. The molecular formula is C18H17N3OS. The Hall–Kier alpha value is -2.53. The number of hydrogen-bond donors (Lipinski definition) is 1. The number of pyridine rings is 1. The molecule has 1 N–H and O–H groups in total. The fraction of sp³-hybridized carbons (Fsp3) is 0.167. The number of amides is 1. The number of thiazole rings is 1. The van der Waals surface area contributed by atoms with Crippen molar-refractivity contribution in [1.82, 2.24) is 15.3 Å². The second kappa shape index (κ2) is 7.15. The number of benzene rings is 1. The molecule has 116 valence electrons. The Balaban J connectivity index is 1.55. The van der Waals surface area contributed by atoms with Crippen molar-refractivity contribution in [1.29, 1.82) is 0 Å². The molecule has 0 bridgehead atoms. The number of nitrogens with one attached hydrogen (secondary N) is 1. The molecule has 0 fully saturated rings. The normalized spacial score (nSPS) is 10.5. The summed E-state index contributed by atoms with van der Waals surface area (Å²) in [6, 6.07) is 11.8. The summed E-state index contributed by atoms with van der Waals surface area (Å²) in [4.78, 5) is 20.5. The first-order valence-electron chi connectivity index (χ1n) is 7.42. The maximum Gasteiger partial charge on any atom is 0.251 e. The largest absolute Gasteiger partial charge is 0.352 e. The molecule has 1 amide bonds. The van der Waals surface area contributed by atoms with Crippen LogP contribution in [0.1, 0.15) is 21.6 Å². The van der Waals surface area contributed by atoms with Crippen molar-refractivity contribution in [3.05, 3.63) is 71.0 Å². The van der Waals surface area contributed by atoms with Gasteiger partial charge >= 0.3 is 0 Å². The zero-order chi connectivity index (χ0) is 16.1. The van der Waals surface area contributed by atoms with Crippen LogP contribution >= 0.6 is 11.3 Å². The lowest BCUT2D eigenvalue weighted by atomic mass is 10.2. The van der Waals surface area contributed by atoms with Crippen LogP contribution in [0.25, 0.3) is 10.6 Å². The number of carbonyl (C=O) groups is 1. The van der Waals surface area contributed by atoms with Crippen molar-refractivity contribution in [3.63, 3.8) is 0 Å². The predicted molar refractivity (Wildman–Crippen MR) is 92.6 cm³/mol. The van der Waals surface area contributed by atoms with Crippen molar-refractivity contribution in [3.8, 4) is 10.6 Å². The van der Waals surface area contributed by atoms with E-state index in [9.17, 15) is 4.79 Å². The molecule has 2 aromatic heterocycles. The van der Waals surface area contributed by atoms with Crippen LogP contribution in [-0.2, 0) is 6.42 Å². The summed E-state index contributed by atoms with van der Waals surface area (Å²) >= 11 is 1.63. The third-order valence-electron chi connectivity index (χ3n) is 3.46. The summed E-state index contributed by atoms with van der Waals surface area (Å²) in [5.41, 5.74) is 4.00. The minimum absolute atomic E-state index is 0.0820. The van der Waals surface area contributed by atoms with E-state index < -0.39 is 0 Å². The van der Waals surface area contributed by atoms with Gasteiger partial charge in [-0.2, -0.15) is 0 Å². The van der Waals surface area contributed by atoms with E-state index in [1.807, 2.05) is 5.38 Å². The average Bonchev–Trinajstić information content (AvgIpc) is 3.05. The Kier molecular flexibility index (Phi) is 4.78. The zero-order valence-corrected chi connectivity index (χ0v) is 13.6. The van der Waals surface area contributed by atoms with Crippen molar-refractivity contribution >= 4 is 17.2 Å². The number of aryl methyl sites for hydroxylation is 1. The van der Waals surface area contributed by atoms with Gasteiger partial charge < -0.3 is 5.32 Å². The monoisotopic (exact) mass is 323 g/mol. The predicted octanol–water partition coefficient (Wildman–Crippen LogP) is 3.49. The van der Waals surface area contributed by atoms with Crippen LogP contribution in [0.2, 0.25) is 0 Å². The maximum absolute atomic E-state index is 11.9. The third-order valence-corrected chi connectivity index (χ3v) is 4.40. The Labute approximate surface area is 139 Å². The molecular weight excluding hydrogens is 306 g/mol. The molecule has 1 aromatic carbocycles. The lowest BCUT2D eigenvalue weighted by Gasteiger charge is -2.03. The van der Waals surface area contributed by atoms with Gasteiger partial charge in [0.05, 0.1) is 5.69 Å². The smallest absolute Gasteiger partial charge is 0.251 e. The molecule has 0 saturated carbocycles. The molecule has 23 heavy (non-hydrogen) atoms. The quantitative estimate of drug-likeness (QED) is 0.782. The Bertz CT molecular complexity index is 782. The van der Waals surface area contributed by atoms with E-state index in [4.69, 9.17) is 0 Å². The molecule has 2 heterocycles. The summed E-state index contributed by atoms with van der Waals surface area (Å²) in [7, 11) is 0. The minimum Gasteiger partial charge on any atom is -0.352 e. The highest BCUT2D eigenvalue weighted by molar-refractivity contribution is 7.13. The highest BCUT2D eigenvalue weighted by atomic mass is 32.1. The maximum atomic E-state index is 11.9. The van der Waals surface area contributed by atoms with Gasteiger partial charge in [-0.15, -0.1) is 11.3 Å². The SMILES string of the molecule is Cc1ccc(-c2nc(CCNC(=O)c3ccncc3)cs2)cc1. The molecule has 0 saturated heterocycles. The Morgan fingerprint density at radius 1 is 1.13 bits per heavy atom. The lowest BCUT2D eigenvalue weighted by molar-refractivity contribution is 0.0954. The topological polar surface area (TPSA) is 54.9 Å². The van der Waals surface area contributed by atoms with Crippen molar-refractivity contribution in [2.45, 2.75) is 13.3 Å².